The van der Waals surface area contributed by atoms with Gasteiger partial charge in [0, 0.05) is 25.1 Å². The summed E-state index contributed by atoms with van der Waals surface area (Å²) in [7, 11) is 0. The maximum atomic E-state index is 13.0. The molecule has 3 rings (SSSR count). The van der Waals surface area contributed by atoms with Crippen LogP contribution in [0.1, 0.15) is 47.3 Å². The van der Waals surface area contributed by atoms with Crippen LogP contribution in [0.15, 0.2) is 48.5 Å². The smallest absolute Gasteiger partial charge is 0.251 e. The Morgan fingerprint density at radius 1 is 1.24 bits per heavy atom. The third-order valence-corrected chi connectivity index (χ3v) is 4.45. The minimum absolute atomic E-state index is 0.166. The maximum Gasteiger partial charge on any atom is 0.251 e. The highest BCUT2D eigenvalue weighted by Crippen LogP contribution is 2.17. The topological polar surface area (TPSA) is 49.4 Å². The monoisotopic (exact) mass is 340 g/mol. The third kappa shape index (κ3) is 4.24. The van der Waals surface area contributed by atoms with Crippen LogP contribution < -0.4 is 5.32 Å². The van der Waals surface area contributed by atoms with Crippen LogP contribution in [0.25, 0.3) is 0 Å². The van der Waals surface area contributed by atoms with Crippen molar-refractivity contribution in [1.29, 1.82) is 0 Å². The van der Waals surface area contributed by atoms with Gasteiger partial charge in [-0.3, -0.25) is 9.59 Å². The lowest BCUT2D eigenvalue weighted by atomic mass is 10.1. The summed E-state index contributed by atoms with van der Waals surface area (Å²) in [6.07, 6.45) is 1.50. The van der Waals surface area contributed by atoms with Crippen molar-refractivity contribution in [2.75, 3.05) is 6.54 Å². The van der Waals surface area contributed by atoms with E-state index in [1.165, 1.54) is 12.1 Å². The molecule has 25 heavy (non-hydrogen) atoms. The normalized spacial score (nSPS) is 15.3. The van der Waals surface area contributed by atoms with Crippen molar-refractivity contribution in [3.8, 4) is 0 Å². The molecule has 1 atom stereocenters. The summed E-state index contributed by atoms with van der Waals surface area (Å²) >= 11 is 0. The highest BCUT2D eigenvalue weighted by Gasteiger charge is 2.20. The molecule has 0 saturated carbocycles. The fraction of sp³-hybridized carbons (Fsp3) is 0.300. The average Bonchev–Trinajstić information content (AvgIpc) is 3.00. The van der Waals surface area contributed by atoms with Crippen LogP contribution in [0, 0.1) is 5.82 Å². The molecular weight excluding hydrogens is 319 g/mol. The molecule has 0 aromatic heterocycles. The first-order chi connectivity index (χ1) is 12.0. The van der Waals surface area contributed by atoms with E-state index >= 15 is 0 Å². The third-order valence-electron chi connectivity index (χ3n) is 4.45. The second-order valence-electron chi connectivity index (χ2n) is 6.37. The molecule has 1 saturated heterocycles. The molecule has 1 aliphatic heterocycles. The summed E-state index contributed by atoms with van der Waals surface area (Å²) in [4.78, 5) is 26.0. The molecule has 5 heteroatoms. The molecule has 2 aromatic carbocycles. The Balaban J connectivity index is 1.66. The van der Waals surface area contributed by atoms with Crippen LogP contribution in [-0.4, -0.2) is 23.3 Å². The molecule has 0 bridgehead atoms. The Morgan fingerprint density at radius 2 is 2.00 bits per heavy atom. The largest absolute Gasteiger partial charge is 0.346 e. The fourth-order valence-corrected chi connectivity index (χ4v) is 3.02. The van der Waals surface area contributed by atoms with Gasteiger partial charge in [-0.1, -0.05) is 24.3 Å². The molecule has 1 N–H and O–H groups in total. The molecule has 1 aliphatic rings. The minimum Gasteiger partial charge on any atom is -0.346 e. The Kier molecular flexibility index (Phi) is 5.12. The SMILES string of the molecule is C[C@@H](NC(=O)c1cccc(CN2CCCC2=O)c1)c1ccc(F)cc1. The second-order valence-corrected chi connectivity index (χ2v) is 6.37. The molecular formula is C20H21FN2O2. The lowest BCUT2D eigenvalue weighted by Crippen LogP contribution is -2.27. The molecule has 0 spiro atoms. The Morgan fingerprint density at radius 3 is 2.68 bits per heavy atom. The molecule has 0 aliphatic carbocycles. The van der Waals surface area contributed by atoms with Crippen molar-refractivity contribution in [2.24, 2.45) is 0 Å². The molecule has 0 radical (unpaired) electrons. The molecule has 4 nitrogen and oxygen atoms in total. The lowest BCUT2D eigenvalue weighted by Gasteiger charge is -2.17. The average molecular weight is 340 g/mol. The van der Waals surface area contributed by atoms with Gasteiger partial charge in [0.15, 0.2) is 0 Å². The molecule has 0 unspecified atom stereocenters. The van der Waals surface area contributed by atoms with Crippen LogP contribution >= 0.6 is 0 Å². The quantitative estimate of drug-likeness (QED) is 0.906. The van der Waals surface area contributed by atoms with Crippen molar-refractivity contribution < 1.29 is 14.0 Å². The summed E-state index contributed by atoms with van der Waals surface area (Å²) in [6.45, 7) is 3.17. The van der Waals surface area contributed by atoms with Crippen LogP contribution in [-0.2, 0) is 11.3 Å². The van der Waals surface area contributed by atoms with Crippen molar-refractivity contribution in [2.45, 2.75) is 32.4 Å². The van der Waals surface area contributed by atoms with E-state index in [0.717, 1.165) is 24.1 Å². The van der Waals surface area contributed by atoms with Crippen LogP contribution in [0.4, 0.5) is 4.39 Å². The van der Waals surface area contributed by atoms with Gasteiger partial charge >= 0.3 is 0 Å². The summed E-state index contributed by atoms with van der Waals surface area (Å²) in [5, 5.41) is 2.92. The Labute approximate surface area is 146 Å². The molecule has 1 heterocycles. The van der Waals surface area contributed by atoms with Crippen molar-refractivity contribution in [3.63, 3.8) is 0 Å². The van der Waals surface area contributed by atoms with Crippen LogP contribution in [0.5, 0.6) is 0 Å². The molecule has 2 aromatic rings. The van der Waals surface area contributed by atoms with E-state index in [1.807, 2.05) is 30.0 Å². The lowest BCUT2D eigenvalue weighted by molar-refractivity contribution is -0.128. The van der Waals surface area contributed by atoms with Crippen molar-refractivity contribution >= 4 is 11.8 Å². The number of carbonyl (C=O) groups is 2. The van der Waals surface area contributed by atoms with Gasteiger partial charge in [-0.05, 0) is 48.7 Å². The van der Waals surface area contributed by atoms with Crippen LogP contribution in [0.3, 0.4) is 0 Å². The number of hydrogen-bond acceptors (Lipinski definition) is 2. The number of benzene rings is 2. The predicted molar refractivity (Wildman–Crippen MR) is 93.4 cm³/mol. The number of amides is 2. The van der Waals surface area contributed by atoms with E-state index < -0.39 is 0 Å². The maximum absolute atomic E-state index is 13.0. The van der Waals surface area contributed by atoms with E-state index in [0.29, 0.717) is 18.5 Å². The Bertz CT molecular complexity index is 774. The molecule has 1 fully saturated rings. The van der Waals surface area contributed by atoms with Gasteiger partial charge in [0.1, 0.15) is 5.82 Å². The van der Waals surface area contributed by atoms with E-state index in [9.17, 15) is 14.0 Å². The molecule has 2 amide bonds. The number of likely N-dealkylation sites (tertiary alicyclic amines) is 1. The van der Waals surface area contributed by atoms with Gasteiger partial charge in [-0.15, -0.1) is 0 Å². The standard InChI is InChI=1S/C20H21FN2O2/c1-14(16-7-9-18(21)10-8-16)22-20(25)17-5-2-4-15(12-17)13-23-11-3-6-19(23)24/h2,4-5,7-10,12,14H,3,6,11,13H2,1H3,(H,22,25)/t14-/m1/s1. The number of hydrogen-bond donors (Lipinski definition) is 1. The van der Waals surface area contributed by atoms with Gasteiger partial charge in [0.2, 0.25) is 5.91 Å². The van der Waals surface area contributed by atoms with Gasteiger partial charge < -0.3 is 10.2 Å². The minimum atomic E-state index is -0.300. The zero-order chi connectivity index (χ0) is 17.8. The number of rotatable bonds is 5. The van der Waals surface area contributed by atoms with E-state index in [2.05, 4.69) is 5.32 Å². The first-order valence-electron chi connectivity index (χ1n) is 8.46. The number of nitrogens with one attached hydrogen (secondary N) is 1. The second kappa shape index (κ2) is 7.47. The first-order valence-corrected chi connectivity index (χ1v) is 8.46. The van der Waals surface area contributed by atoms with Gasteiger partial charge in [0.05, 0.1) is 6.04 Å². The zero-order valence-electron chi connectivity index (χ0n) is 14.2. The molecule has 130 valence electrons. The van der Waals surface area contributed by atoms with E-state index in [1.54, 1.807) is 18.2 Å². The van der Waals surface area contributed by atoms with Crippen molar-refractivity contribution in [3.05, 3.63) is 71.0 Å². The fourth-order valence-electron chi connectivity index (χ4n) is 3.02. The van der Waals surface area contributed by atoms with E-state index in [-0.39, 0.29) is 23.7 Å². The summed E-state index contributed by atoms with van der Waals surface area (Å²) in [6, 6.07) is 13.2. The summed E-state index contributed by atoms with van der Waals surface area (Å²) in [5.74, 6) is -0.322. The number of carbonyl (C=O) groups excluding carboxylic acids is 2. The number of nitrogens with zero attached hydrogens (tertiary/aromatic N) is 1. The zero-order valence-corrected chi connectivity index (χ0v) is 14.2. The van der Waals surface area contributed by atoms with Crippen molar-refractivity contribution in [1.82, 2.24) is 10.2 Å². The summed E-state index contributed by atoms with van der Waals surface area (Å²) < 4.78 is 13.0. The van der Waals surface area contributed by atoms with E-state index in [4.69, 9.17) is 0 Å². The Hall–Kier alpha value is -2.69. The summed E-state index contributed by atoms with van der Waals surface area (Å²) in [5.41, 5.74) is 2.34. The van der Waals surface area contributed by atoms with Gasteiger partial charge in [-0.2, -0.15) is 0 Å². The highest BCUT2D eigenvalue weighted by atomic mass is 19.1. The number of halogens is 1. The van der Waals surface area contributed by atoms with Gasteiger partial charge in [-0.25, -0.2) is 4.39 Å². The van der Waals surface area contributed by atoms with Gasteiger partial charge in [0.25, 0.3) is 5.91 Å². The first kappa shape index (κ1) is 17.1. The highest BCUT2D eigenvalue weighted by molar-refractivity contribution is 5.94. The predicted octanol–water partition coefficient (Wildman–Crippen LogP) is 3.44. The van der Waals surface area contributed by atoms with Crippen LogP contribution in [0.2, 0.25) is 0 Å².